The van der Waals surface area contributed by atoms with Crippen LogP contribution in [0.1, 0.15) is 18.0 Å². The minimum atomic E-state index is -1.15. The zero-order chi connectivity index (χ0) is 11.4. The molecule has 1 aliphatic rings. The number of nitrogens with zero attached hydrogens (tertiary/aromatic N) is 2. The molecule has 4 heteroatoms. The van der Waals surface area contributed by atoms with E-state index in [1.54, 1.807) is 10.8 Å². The summed E-state index contributed by atoms with van der Waals surface area (Å²) in [5, 5.41) is 15.4. The summed E-state index contributed by atoms with van der Waals surface area (Å²) >= 11 is 0. The van der Waals surface area contributed by atoms with E-state index in [4.69, 9.17) is 4.84 Å². The van der Waals surface area contributed by atoms with Crippen LogP contribution in [0, 0.1) is 0 Å². The fraction of sp³-hybridized carbons (Fsp3) is 0.333. The largest absolute Gasteiger partial charge is 0.814 e. The van der Waals surface area contributed by atoms with Gasteiger partial charge in [-0.1, -0.05) is 41.1 Å². The Hall–Kier alpha value is -1.68. The molecule has 0 amide bonds. The highest BCUT2D eigenvalue weighted by Crippen LogP contribution is 2.25. The van der Waals surface area contributed by atoms with Gasteiger partial charge in [-0.05, 0) is 0 Å². The van der Waals surface area contributed by atoms with Crippen LogP contribution in [0.3, 0.4) is 0 Å². The maximum absolute atomic E-state index is 11.6. The maximum atomic E-state index is 11.6. The molecule has 1 heterocycles. The number of benzene rings is 1. The topological polar surface area (TPSA) is 47.7 Å². The summed E-state index contributed by atoms with van der Waals surface area (Å²) in [6.45, 7) is 4.31. The molecule has 2 atom stereocenters. The molecule has 2 rings (SSSR count). The normalized spacial score (nSPS) is 23.7. The Morgan fingerprint density at radius 1 is 1.44 bits per heavy atom. The molecule has 84 valence electrons. The van der Waals surface area contributed by atoms with Crippen molar-refractivity contribution in [3.05, 3.63) is 48.6 Å². The Bertz CT molecular complexity index is 389. The van der Waals surface area contributed by atoms with Gasteiger partial charge in [-0.25, -0.2) is 0 Å². The van der Waals surface area contributed by atoms with E-state index >= 15 is 0 Å². The van der Waals surface area contributed by atoms with Crippen molar-refractivity contribution < 1.29 is 14.6 Å². The second-order valence-corrected chi connectivity index (χ2v) is 3.65. The van der Waals surface area contributed by atoms with Gasteiger partial charge in [0.1, 0.15) is 6.29 Å². The van der Waals surface area contributed by atoms with E-state index in [0.29, 0.717) is 6.54 Å². The summed E-state index contributed by atoms with van der Waals surface area (Å²) in [6, 6.07) is 9.24. The molecule has 0 fully saturated rings. The third-order valence-corrected chi connectivity index (χ3v) is 2.54. The molecule has 0 bridgehead atoms. The lowest BCUT2D eigenvalue weighted by Crippen LogP contribution is -2.34. The number of hydrogen-bond acceptors (Lipinski definition) is 3. The van der Waals surface area contributed by atoms with E-state index in [2.05, 4.69) is 11.9 Å². The van der Waals surface area contributed by atoms with Crippen molar-refractivity contribution in [3.63, 3.8) is 0 Å². The Labute approximate surface area is 94.4 Å². The van der Waals surface area contributed by atoms with Gasteiger partial charge in [-0.2, -0.15) is 0 Å². The van der Waals surface area contributed by atoms with Crippen LogP contribution in [0.5, 0.6) is 0 Å². The van der Waals surface area contributed by atoms with E-state index in [1.165, 1.54) is 0 Å². The second kappa shape index (κ2) is 4.90. The molecule has 1 aromatic carbocycles. The Morgan fingerprint density at radius 3 is 2.88 bits per heavy atom. The first-order valence-corrected chi connectivity index (χ1v) is 5.28. The summed E-state index contributed by atoms with van der Waals surface area (Å²) in [5.74, 6) is 0. The van der Waals surface area contributed by atoms with E-state index in [0.717, 1.165) is 12.0 Å². The molecule has 0 spiro atoms. The van der Waals surface area contributed by atoms with Crippen molar-refractivity contribution in [3.8, 4) is 0 Å². The van der Waals surface area contributed by atoms with Gasteiger partial charge in [0.05, 0.1) is 0 Å². The van der Waals surface area contributed by atoms with Crippen LogP contribution in [-0.4, -0.2) is 17.5 Å². The monoisotopic (exact) mass is 218 g/mol. The molecule has 0 saturated carbocycles. The molecule has 0 saturated heterocycles. The molecule has 0 aromatic heterocycles. The summed E-state index contributed by atoms with van der Waals surface area (Å²) in [7, 11) is 0. The highest BCUT2D eigenvalue weighted by Gasteiger charge is 2.34. The van der Waals surface area contributed by atoms with Crippen molar-refractivity contribution in [2.75, 3.05) is 6.54 Å². The summed E-state index contributed by atoms with van der Waals surface area (Å²) in [4.78, 5) is 4.79. The van der Waals surface area contributed by atoms with Crippen LogP contribution in [0.4, 0.5) is 0 Å². The predicted molar refractivity (Wildman–Crippen MR) is 56.4 cm³/mol. The molecule has 0 radical (unpaired) electrons. The molecule has 4 nitrogen and oxygen atoms in total. The highest BCUT2D eigenvalue weighted by molar-refractivity contribution is 5.17. The minimum absolute atomic E-state index is 0.332. The first-order valence-electron chi connectivity index (χ1n) is 5.28. The lowest BCUT2D eigenvalue weighted by molar-refractivity contribution is -0.644. The van der Waals surface area contributed by atoms with E-state index in [9.17, 15) is 5.11 Å². The molecule has 1 aromatic rings. The van der Waals surface area contributed by atoms with Crippen LogP contribution in [0.25, 0.3) is 0 Å². The van der Waals surface area contributed by atoms with Gasteiger partial charge in [0.15, 0.2) is 11.8 Å². The third-order valence-electron chi connectivity index (χ3n) is 2.54. The first-order chi connectivity index (χ1) is 7.83. The van der Waals surface area contributed by atoms with Gasteiger partial charge in [0.25, 0.3) is 0 Å². The van der Waals surface area contributed by atoms with Gasteiger partial charge in [0.2, 0.25) is 6.04 Å². The van der Waals surface area contributed by atoms with Crippen LogP contribution >= 0.6 is 0 Å². The summed E-state index contributed by atoms with van der Waals surface area (Å²) in [6.07, 6.45) is 1.44. The molecular formula is C12H14N2O2. The van der Waals surface area contributed by atoms with Crippen molar-refractivity contribution in [1.82, 2.24) is 0 Å². The number of hydrogen-bond donors (Lipinski definition) is 0. The van der Waals surface area contributed by atoms with E-state index in [1.807, 2.05) is 30.3 Å². The fourth-order valence-corrected chi connectivity index (χ4v) is 1.74. The van der Waals surface area contributed by atoms with Gasteiger partial charge >= 0.3 is 0 Å². The van der Waals surface area contributed by atoms with Gasteiger partial charge in [-0.3, -0.25) is 0 Å². The van der Waals surface area contributed by atoms with E-state index in [-0.39, 0.29) is 6.04 Å². The maximum Gasteiger partial charge on any atom is 0.231 e. The lowest BCUT2D eigenvalue weighted by Gasteiger charge is -2.16. The van der Waals surface area contributed by atoms with Gasteiger partial charge in [-0.15, -0.1) is 6.58 Å². The van der Waals surface area contributed by atoms with Crippen molar-refractivity contribution in [2.45, 2.75) is 18.8 Å². The van der Waals surface area contributed by atoms with Crippen LogP contribution in [0.15, 0.2) is 48.3 Å². The standard InChI is InChI=1S/C12H14N2O2/c1-2-3-9-14-11(12(15)16-13-14)10-7-5-4-6-8-10/h2,4-8,11-12H,1,3,9H2. The van der Waals surface area contributed by atoms with Crippen LogP contribution in [-0.2, 0) is 4.84 Å². The van der Waals surface area contributed by atoms with Crippen molar-refractivity contribution in [2.24, 2.45) is 5.28 Å². The molecule has 2 unspecified atom stereocenters. The predicted octanol–water partition coefficient (Wildman–Crippen LogP) is 1.40. The SMILES string of the molecule is C=CCC[N+]1=NOC([O-])C1c1ccccc1. The fourth-order valence-electron chi connectivity index (χ4n) is 1.74. The van der Waals surface area contributed by atoms with Crippen molar-refractivity contribution in [1.29, 1.82) is 0 Å². The van der Waals surface area contributed by atoms with Crippen molar-refractivity contribution >= 4 is 0 Å². The summed E-state index contributed by atoms with van der Waals surface area (Å²) < 4.78 is 1.69. The smallest absolute Gasteiger partial charge is 0.231 e. The molecule has 0 N–H and O–H groups in total. The average Bonchev–Trinajstić information content (AvgIpc) is 2.69. The van der Waals surface area contributed by atoms with Crippen LogP contribution < -0.4 is 5.11 Å². The first kappa shape index (κ1) is 10.8. The zero-order valence-electron chi connectivity index (χ0n) is 8.95. The molecule has 16 heavy (non-hydrogen) atoms. The third kappa shape index (κ3) is 2.12. The Morgan fingerprint density at radius 2 is 2.19 bits per heavy atom. The second-order valence-electron chi connectivity index (χ2n) is 3.65. The van der Waals surface area contributed by atoms with Gasteiger partial charge in [0, 0.05) is 12.0 Å². The average molecular weight is 218 g/mol. The van der Waals surface area contributed by atoms with E-state index < -0.39 is 6.29 Å². The zero-order valence-corrected chi connectivity index (χ0v) is 8.95. The Balaban J connectivity index is 2.18. The molecule has 0 aliphatic carbocycles. The van der Waals surface area contributed by atoms with Gasteiger partial charge < -0.3 is 9.94 Å². The summed E-state index contributed by atoms with van der Waals surface area (Å²) in [5.41, 5.74) is 0.938. The van der Waals surface area contributed by atoms with Crippen LogP contribution in [0.2, 0.25) is 0 Å². The number of rotatable bonds is 4. The molecule has 1 aliphatic heterocycles. The quantitative estimate of drug-likeness (QED) is 0.566. The highest BCUT2D eigenvalue weighted by atomic mass is 16.7. The Kier molecular flexibility index (Phi) is 3.31. The molecular weight excluding hydrogens is 204 g/mol. The minimum Gasteiger partial charge on any atom is -0.814 e. The lowest BCUT2D eigenvalue weighted by atomic mass is 10.1.